The smallest absolute Gasteiger partial charge is 0.465 e. The fourth-order valence-electron chi connectivity index (χ4n) is 4.65. The second-order valence-corrected chi connectivity index (χ2v) is 9.52. The summed E-state index contributed by atoms with van der Waals surface area (Å²) in [6.07, 6.45) is -4.52. The van der Waals surface area contributed by atoms with E-state index in [1.807, 2.05) is 51.1 Å². The molecule has 4 atom stereocenters. The number of likely N-dealkylation sites (tertiary alicyclic amines) is 1. The number of piperidine rings is 1. The van der Waals surface area contributed by atoms with Crippen molar-refractivity contribution in [2.45, 2.75) is 64.2 Å². The van der Waals surface area contributed by atoms with Crippen LogP contribution in [0.2, 0.25) is 0 Å². The lowest BCUT2D eigenvalue weighted by atomic mass is 9.77. The number of amides is 2. The summed E-state index contributed by atoms with van der Waals surface area (Å²) in [6, 6.07) is 8.52. The van der Waals surface area contributed by atoms with E-state index >= 15 is 0 Å². The lowest BCUT2D eigenvalue weighted by Gasteiger charge is -2.45. The van der Waals surface area contributed by atoms with Gasteiger partial charge in [-0.15, -0.1) is 0 Å². The van der Waals surface area contributed by atoms with Crippen LogP contribution in [0, 0.1) is 11.3 Å². The van der Waals surface area contributed by atoms with Crippen LogP contribution in [0.4, 0.5) is 18.0 Å². The number of carbonyl (C=O) groups excluding carboxylic acids is 1. The molecule has 1 aliphatic heterocycles. The van der Waals surface area contributed by atoms with Crippen LogP contribution in [0.25, 0.3) is 0 Å². The van der Waals surface area contributed by atoms with Gasteiger partial charge in [0.2, 0.25) is 0 Å². The first kappa shape index (κ1) is 22.4. The number of carboxylic acid groups (broad SMARTS) is 1. The Hall–Kier alpha value is -2.25. The number of benzene rings is 1. The van der Waals surface area contributed by atoms with Crippen molar-refractivity contribution in [3.63, 3.8) is 0 Å². The molecule has 0 aromatic heterocycles. The lowest BCUT2D eigenvalue weighted by Crippen LogP contribution is -2.54. The summed E-state index contributed by atoms with van der Waals surface area (Å²) in [5, 5.41) is 9.51. The van der Waals surface area contributed by atoms with Crippen LogP contribution in [-0.4, -0.2) is 58.3 Å². The molecule has 1 aliphatic carbocycles. The second kappa shape index (κ2) is 8.12. The molecule has 5 nitrogen and oxygen atoms in total. The van der Waals surface area contributed by atoms with E-state index in [4.69, 9.17) is 0 Å². The first-order valence-corrected chi connectivity index (χ1v) is 10.3. The van der Waals surface area contributed by atoms with Crippen molar-refractivity contribution in [2.24, 2.45) is 11.3 Å². The molecule has 0 radical (unpaired) electrons. The molecule has 1 N–H and O–H groups in total. The molecule has 1 heterocycles. The van der Waals surface area contributed by atoms with Crippen LogP contribution in [0.5, 0.6) is 0 Å². The highest BCUT2D eigenvalue weighted by atomic mass is 19.4. The van der Waals surface area contributed by atoms with Crippen molar-refractivity contribution in [2.75, 3.05) is 13.1 Å². The van der Waals surface area contributed by atoms with Crippen LogP contribution in [0.15, 0.2) is 30.3 Å². The van der Waals surface area contributed by atoms with Gasteiger partial charge in [-0.25, -0.2) is 4.79 Å². The van der Waals surface area contributed by atoms with Gasteiger partial charge in [0.1, 0.15) is 0 Å². The first-order valence-electron chi connectivity index (χ1n) is 10.3. The summed E-state index contributed by atoms with van der Waals surface area (Å²) in [6.45, 7) is 6.07. The SMILES string of the molecule is CC(C)(C)C1CC(CN(C(=O)C(F)(F)F)C2CC2c2ccccc2)CCN1C(=O)O. The predicted molar refractivity (Wildman–Crippen MR) is 106 cm³/mol. The van der Waals surface area contributed by atoms with Crippen LogP contribution >= 0.6 is 0 Å². The van der Waals surface area contributed by atoms with E-state index in [1.165, 1.54) is 4.90 Å². The third-order valence-electron chi connectivity index (χ3n) is 6.30. The topological polar surface area (TPSA) is 60.9 Å². The van der Waals surface area contributed by atoms with Crippen molar-refractivity contribution in [3.8, 4) is 0 Å². The summed E-state index contributed by atoms with van der Waals surface area (Å²) in [5.41, 5.74) is 0.595. The molecular formula is C22H29F3N2O3. The summed E-state index contributed by atoms with van der Waals surface area (Å²) >= 11 is 0. The Bertz CT molecular complexity index is 776. The van der Waals surface area contributed by atoms with Crippen molar-refractivity contribution in [1.29, 1.82) is 0 Å². The fourth-order valence-corrected chi connectivity index (χ4v) is 4.65. The fraction of sp³-hybridized carbons (Fsp3) is 0.636. The van der Waals surface area contributed by atoms with E-state index in [1.54, 1.807) is 0 Å². The average molecular weight is 426 g/mol. The maximum atomic E-state index is 13.3. The number of carbonyl (C=O) groups is 2. The van der Waals surface area contributed by atoms with Gasteiger partial charge >= 0.3 is 18.2 Å². The molecule has 8 heteroatoms. The van der Waals surface area contributed by atoms with Gasteiger partial charge in [0.05, 0.1) is 0 Å². The lowest BCUT2D eigenvalue weighted by molar-refractivity contribution is -0.187. The quantitative estimate of drug-likeness (QED) is 0.757. The van der Waals surface area contributed by atoms with Gasteiger partial charge in [-0.3, -0.25) is 4.79 Å². The van der Waals surface area contributed by atoms with Crippen molar-refractivity contribution >= 4 is 12.0 Å². The molecule has 0 bridgehead atoms. The summed E-state index contributed by atoms with van der Waals surface area (Å²) in [4.78, 5) is 26.2. The van der Waals surface area contributed by atoms with Gasteiger partial charge in [0.15, 0.2) is 0 Å². The Kier molecular flexibility index (Phi) is 6.07. The van der Waals surface area contributed by atoms with E-state index < -0.39 is 24.2 Å². The normalized spacial score (nSPS) is 26.9. The third-order valence-corrected chi connectivity index (χ3v) is 6.30. The molecule has 2 fully saturated rings. The van der Waals surface area contributed by atoms with Crippen LogP contribution in [-0.2, 0) is 4.79 Å². The highest BCUT2D eigenvalue weighted by Gasteiger charge is 2.52. The highest BCUT2D eigenvalue weighted by molar-refractivity contribution is 5.82. The summed E-state index contributed by atoms with van der Waals surface area (Å²) < 4.78 is 40.0. The monoisotopic (exact) mass is 426 g/mol. The first-order chi connectivity index (χ1) is 13.9. The van der Waals surface area contributed by atoms with Crippen molar-refractivity contribution < 1.29 is 27.9 Å². The molecule has 2 amide bonds. The zero-order chi connectivity index (χ0) is 22.3. The highest BCUT2D eigenvalue weighted by Crippen LogP contribution is 2.46. The zero-order valence-electron chi connectivity index (χ0n) is 17.5. The maximum Gasteiger partial charge on any atom is 0.471 e. The molecule has 1 saturated carbocycles. The maximum absolute atomic E-state index is 13.3. The zero-order valence-corrected chi connectivity index (χ0v) is 17.5. The number of halogens is 3. The minimum Gasteiger partial charge on any atom is -0.465 e. The summed E-state index contributed by atoms with van der Waals surface area (Å²) in [7, 11) is 0. The Labute approximate surface area is 174 Å². The van der Waals surface area contributed by atoms with Gasteiger partial charge in [0.25, 0.3) is 0 Å². The van der Waals surface area contributed by atoms with E-state index in [-0.39, 0.29) is 36.4 Å². The number of nitrogens with zero attached hydrogens (tertiary/aromatic N) is 2. The molecule has 4 unspecified atom stereocenters. The minimum atomic E-state index is -4.92. The molecule has 1 aromatic carbocycles. The average Bonchev–Trinajstić information content (AvgIpc) is 3.45. The van der Waals surface area contributed by atoms with Crippen molar-refractivity contribution in [1.82, 2.24) is 9.80 Å². The van der Waals surface area contributed by atoms with E-state index in [0.717, 1.165) is 10.5 Å². The van der Waals surface area contributed by atoms with Crippen molar-refractivity contribution in [3.05, 3.63) is 35.9 Å². The van der Waals surface area contributed by atoms with Gasteiger partial charge in [-0.2, -0.15) is 13.2 Å². The Morgan fingerprint density at radius 1 is 1.13 bits per heavy atom. The molecule has 3 rings (SSSR count). The van der Waals surface area contributed by atoms with Crippen LogP contribution < -0.4 is 0 Å². The second-order valence-electron chi connectivity index (χ2n) is 9.52. The van der Waals surface area contributed by atoms with Crippen LogP contribution in [0.3, 0.4) is 0 Å². The van der Waals surface area contributed by atoms with Gasteiger partial charge < -0.3 is 14.9 Å². The molecule has 30 heavy (non-hydrogen) atoms. The Morgan fingerprint density at radius 3 is 2.30 bits per heavy atom. The predicted octanol–water partition coefficient (Wildman–Crippen LogP) is 4.74. The van der Waals surface area contributed by atoms with E-state index in [2.05, 4.69) is 0 Å². The van der Waals surface area contributed by atoms with Gasteiger partial charge in [0, 0.05) is 31.1 Å². The molecule has 1 saturated heterocycles. The number of hydrogen-bond donors (Lipinski definition) is 1. The molecule has 2 aliphatic rings. The van der Waals surface area contributed by atoms with Gasteiger partial charge in [-0.1, -0.05) is 51.1 Å². The third kappa shape index (κ3) is 4.90. The van der Waals surface area contributed by atoms with E-state index in [9.17, 15) is 27.9 Å². The molecule has 0 spiro atoms. The molecule has 1 aromatic rings. The summed E-state index contributed by atoms with van der Waals surface area (Å²) in [5.74, 6) is -2.05. The largest absolute Gasteiger partial charge is 0.471 e. The number of rotatable bonds is 4. The molecular weight excluding hydrogens is 397 g/mol. The number of hydrogen-bond acceptors (Lipinski definition) is 2. The Morgan fingerprint density at radius 2 is 1.77 bits per heavy atom. The Balaban J connectivity index is 1.77. The van der Waals surface area contributed by atoms with Crippen LogP contribution in [0.1, 0.15) is 51.5 Å². The molecule has 166 valence electrons. The van der Waals surface area contributed by atoms with Gasteiger partial charge in [-0.05, 0) is 36.2 Å². The van der Waals surface area contributed by atoms with E-state index in [0.29, 0.717) is 19.3 Å². The standard InChI is InChI=1S/C22H29F3N2O3/c1-21(2,3)18-11-14(9-10-26(18)20(29)30)13-27(19(28)22(23,24)25)17-12-16(17)15-7-5-4-6-8-15/h4-8,14,16-18H,9-13H2,1-3H3,(H,29,30). The minimum absolute atomic E-state index is 0.00633. The number of alkyl halides is 3.